The Morgan fingerprint density at radius 2 is 1.75 bits per heavy atom. The normalized spacial score (nSPS) is 20.0. The molecule has 1 aromatic heterocycles. The number of benzene rings is 1. The van der Waals surface area contributed by atoms with Crippen LogP contribution < -0.4 is 4.74 Å². The Kier molecular flexibility index (Phi) is 4.52. The van der Waals surface area contributed by atoms with Gasteiger partial charge in [0.15, 0.2) is 0 Å². The summed E-state index contributed by atoms with van der Waals surface area (Å²) in [7, 11) is 0. The van der Waals surface area contributed by atoms with E-state index in [0.29, 0.717) is 13.1 Å². The molecule has 2 fully saturated rings. The minimum Gasteiger partial charge on any atom is -0.484 e. The van der Waals surface area contributed by atoms with Crippen molar-refractivity contribution in [1.29, 1.82) is 0 Å². The summed E-state index contributed by atoms with van der Waals surface area (Å²) >= 11 is 0. The van der Waals surface area contributed by atoms with E-state index in [1.807, 2.05) is 20.8 Å². The number of piperidine rings is 1. The third kappa shape index (κ3) is 3.31. The molecule has 168 valence electrons. The van der Waals surface area contributed by atoms with Crippen molar-refractivity contribution in [3.05, 3.63) is 47.7 Å². The first-order valence-corrected chi connectivity index (χ1v) is 11.1. The van der Waals surface area contributed by atoms with E-state index in [-0.39, 0.29) is 22.7 Å². The highest BCUT2D eigenvalue weighted by molar-refractivity contribution is 5.88. The summed E-state index contributed by atoms with van der Waals surface area (Å²) in [5, 5.41) is 9.13. The summed E-state index contributed by atoms with van der Waals surface area (Å²) in [5.74, 6) is -0.109. The zero-order valence-corrected chi connectivity index (χ0v) is 18.7. The number of carbonyl (C=O) groups is 2. The summed E-state index contributed by atoms with van der Waals surface area (Å²) < 4.78 is 12.1. The van der Waals surface area contributed by atoms with Gasteiger partial charge >= 0.3 is 12.1 Å². The van der Waals surface area contributed by atoms with E-state index in [2.05, 4.69) is 11.1 Å². The number of rotatable bonds is 2. The molecular weight excluding hydrogens is 408 g/mol. The maximum atomic E-state index is 12.5. The first-order valence-electron chi connectivity index (χ1n) is 11.1. The van der Waals surface area contributed by atoms with Gasteiger partial charge in [-0.1, -0.05) is 12.1 Å². The van der Waals surface area contributed by atoms with Gasteiger partial charge in [-0.25, -0.2) is 9.59 Å². The van der Waals surface area contributed by atoms with E-state index in [4.69, 9.17) is 14.6 Å². The highest BCUT2D eigenvalue weighted by atomic mass is 16.6. The first-order chi connectivity index (χ1) is 15.1. The van der Waals surface area contributed by atoms with Crippen LogP contribution >= 0.6 is 0 Å². The average molecular weight is 437 g/mol. The van der Waals surface area contributed by atoms with Gasteiger partial charge in [0.25, 0.3) is 0 Å². The second kappa shape index (κ2) is 6.95. The molecule has 7 heteroatoms. The molecule has 7 nitrogen and oxygen atoms in total. The van der Waals surface area contributed by atoms with Crippen LogP contribution in [-0.2, 0) is 10.2 Å². The van der Waals surface area contributed by atoms with Crippen LogP contribution in [0.1, 0.15) is 62.4 Å². The van der Waals surface area contributed by atoms with Crippen molar-refractivity contribution < 1.29 is 24.2 Å². The molecule has 1 aromatic carbocycles. The molecular formula is C25H28N2O5. The van der Waals surface area contributed by atoms with Crippen molar-refractivity contribution in [2.45, 2.75) is 63.1 Å². The molecule has 32 heavy (non-hydrogen) atoms. The average Bonchev–Trinajstić information content (AvgIpc) is 3.51. The first kappa shape index (κ1) is 20.8. The van der Waals surface area contributed by atoms with Crippen LogP contribution in [0.2, 0.25) is 0 Å². The van der Waals surface area contributed by atoms with Crippen LogP contribution in [0.4, 0.5) is 4.79 Å². The van der Waals surface area contributed by atoms with E-state index >= 15 is 0 Å². The Hall–Kier alpha value is -3.09. The maximum Gasteiger partial charge on any atom is 0.410 e. The minimum atomic E-state index is -0.941. The molecule has 0 radical (unpaired) electrons. The number of carboxylic acid groups (broad SMARTS) is 1. The number of aromatic nitrogens is 1. The number of nitrogens with zero attached hydrogens (tertiary/aromatic N) is 2. The Labute approximate surface area is 187 Å². The molecule has 5 rings (SSSR count). The number of hydrogen-bond donors (Lipinski definition) is 1. The third-order valence-corrected chi connectivity index (χ3v) is 6.96. The van der Waals surface area contributed by atoms with E-state index < -0.39 is 11.6 Å². The number of ether oxygens (including phenoxy) is 2. The number of amides is 1. The molecule has 1 aliphatic carbocycles. The van der Waals surface area contributed by atoms with Gasteiger partial charge < -0.3 is 19.5 Å². The van der Waals surface area contributed by atoms with Crippen molar-refractivity contribution in [1.82, 2.24) is 9.88 Å². The van der Waals surface area contributed by atoms with Crippen molar-refractivity contribution in [2.24, 2.45) is 0 Å². The molecule has 3 aliphatic rings. The quantitative estimate of drug-likeness (QED) is 0.738. The molecule has 2 aromatic rings. The van der Waals surface area contributed by atoms with Gasteiger partial charge in [0.1, 0.15) is 17.0 Å². The second-order valence-corrected chi connectivity index (χ2v) is 10.1. The lowest BCUT2D eigenvalue weighted by Crippen LogP contribution is -2.54. The molecule has 1 N–H and O–H groups in total. The Bertz CT molecular complexity index is 1070. The van der Waals surface area contributed by atoms with Gasteiger partial charge in [-0.2, -0.15) is 0 Å². The molecule has 1 amide bonds. The highest BCUT2D eigenvalue weighted by Gasteiger charge is 2.67. The molecule has 2 spiro atoms. The van der Waals surface area contributed by atoms with Crippen LogP contribution in [0, 0.1) is 0 Å². The Morgan fingerprint density at radius 3 is 2.31 bits per heavy atom. The largest absolute Gasteiger partial charge is 0.484 e. The summed E-state index contributed by atoms with van der Waals surface area (Å²) in [6, 6.07) is 8.89. The number of carboxylic acids is 1. The number of hydrogen-bond acceptors (Lipinski definition) is 5. The van der Waals surface area contributed by atoms with Crippen molar-refractivity contribution in [2.75, 3.05) is 13.1 Å². The van der Waals surface area contributed by atoms with Crippen molar-refractivity contribution in [3.63, 3.8) is 0 Å². The molecule has 0 unspecified atom stereocenters. The topological polar surface area (TPSA) is 89.0 Å². The van der Waals surface area contributed by atoms with Crippen LogP contribution in [-0.4, -0.2) is 51.3 Å². The highest BCUT2D eigenvalue weighted by Crippen LogP contribution is 2.66. The zero-order valence-electron chi connectivity index (χ0n) is 18.7. The van der Waals surface area contributed by atoms with Gasteiger partial charge in [-0.05, 0) is 51.8 Å². The van der Waals surface area contributed by atoms with E-state index in [9.17, 15) is 9.59 Å². The molecule has 3 heterocycles. The van der Waals surface area contributed by atoms with Crippen LogP contribution in [0.5, 0.6) is 5.75 Å². The minimum absolute atomic E-state index is 0.0267. The third-order valence-electron chi connectivity index (χ3n) is 6.96. The van der Waals surface area contributed by atoms with Gasteiger partial charge in [0, 0.05) is 42.5 Å². The number of fused-ring (bicyclic) bond motifs is 3. The van der Waals surface area contributed by atoms with Gasteiger partial charge in [-0.3, -0.25) is 4.98 Å². The fourth-order valence-corrected chi connectivity index (χ4v) is 5.20. The Balaban J connectivity index is 1.37. The molecule has 0 bridgehead atoms. The number of pyridine rings is 1. The van der Waals surface area contributed by atoms with Crippen molar-refractivity contribution >= 4 is 12.1 Å². The predicted octanol–water partition coefficient (Wildman–Crippen LogP) is 4.64. The fraction of sp³-hybridized carbons (Fsp3) is 0.480. The smallest absolute Gasteiger partial charge is 0.410 e. The van der Waals surface area contributed by atoms with Crippen LogP contribution in [0.25, 0.3) is 11.3 Å². The zero-order chi connectivity index (χ0) is 22.7. The number of likely N-dealkylation sites (tertiary alicyclic amines) is 1. The summed E-state index contributed by atoms with van der Waals surface area (Å²) in [4.78, 5) is 30.0. The van der Waals surface area contributed by atoms with E-state index in [1.54, 1.807) is 35.4 Å². The van der Waals surface area contributed by atoms with Crippen LogP contribution in [0.3, 0.4) is 0 Å². The predicted molar refractivity (Wildman–Crippen MR) is 118 cm³/mol. The van der Waals surface area contributed by atoms with Gasteiger partial charge in [0.2, 0.25) is 0 Å². The maximum absolute atomic E-state index is 12.5. The SMILES string of the molecule is CC(C)(C)OC(=O)N1CCC2(CC1)Oc1cnc(-c3ccc(C(=O)O)cc3)cc1C21CC1. The summed E-state index contributed by atoms with van der Waals surface area (Å²) in [6.07, 6.45) is 5.20. The lowest BCUT2D eigenvalue weighted by molar-refractivity contribution is -0.0238. The molecule has 1 saturated carbocycles. The number of carbonyl (C=O) groups excluding carboxylic acids is 1. The fourth-order valence-electron chi connectivity index (χ4n) is 5.20. The van der Waals surface area contributed by atoms with E-state index in [1.165, 1.54) is 5.56 Å². The summed E-state index contributed by atoms with van der Waals surface area (Å²) in [6.45, 7) is 6.87. The van der Waals surface area contributed by atoms with Crippen molar-refractivity contribution in [3.8, 4) is 17.0 Å². The standard InChI is InChI=1S/C25H28N2O5/c1-23(2,3)32-22(30)27-12-10-25(11-13-27)24(8-9-24)18-14-19(26-15-20(18)31-25)16-4-6-17(7-5-16)21(28)29/h4-7,14-15H,8-13H2,1-3H3,(H,28,29). The molecule has 1 saturated heterocycles. The van der Waals surface area contributed by atoms with Gasteiger partial charge in [-0.15, -0.1) is 0 Å². The second-order valence-electron chi connectivity index (χ2n) is 10.1. The molecule has 0 atom stereocenters. The Morgan fingerprint density at radius 1 is 1.09 bits per heavy atom. The number of aromatic carboxylic acids is 1. The lowest BCUT2D eigenvalue weighted by Gasteiger charge is -2.42. The monoisotopic (exact) mass is 436 g/mol. The van der Waals surface area contributed by atoms with E-state index in [0.717, 1.165) is 42.7 Å². The van der Waals surface area contributed by atoms with Gasteiger partial charge in [0.05, 0.1) is 17.5 Å². The molecule has 2 aliphatic heterocycles. The van der Waals surface area contributed by atoms with Crippen LogP contribution in [0.15, 0.2) is 36.5 Å². The summed E-state index contributed by atoms with van der Waals surface area (Å²) in [5.41, 5.74) is 2.31. The lowest BCUT2D eigenvalue weighted by atomic mass is 9.74.